The van der Waals surface area contributed by atoms with E-state index in [4.69, 9.17) is 0 Å². The third-order valence-corrected chi connectivity index (χ3v) is 7.30. The molecule has 8 heteroatoms. The van der Waals surface area contributed by atoms with Crippen LogP contribution in [0.4, 0.5) is 11.4 Å². The number of carbonyl (C=O) groups is 2. The Morgan fingerprint density at radius 1 is 0.966 bits per heavy atom. The Morgan fingerprint density at radius 2 is 1.62 bits per heavy atom. The molecule has 2 saturated heterocycles. The summed E-state index contributed by atoms with van der Waals surface area (Å²) in [6.45, 7) is 1.43. The molecule has 2 aliphatic heterocycles. The van der Waals surface area contributed by atoms with Gasteiger partial charge in [-0.15, -0.1) is 0 Å². The minimum absolute atomic E-state index is 0.0802. The number of anilines is 2. The normalized spacial score (nSPS) is 20.2. The third kappa shape index (κ3) is 4.04. The number of amides is 2. The lowest BCUT2D eigenvalue weighted by Gasteiger charge is -2.17. The first-order valence-electron chi connectivity index (χ1n) is 9.71. The standard InChI is InChI=1S/C21H23N3O4S/c25-20-14-16(15-24(20)18-6-2-1-3-7-18)21(26)22-17-8-10-19(11-9-17)29(27,28)23-12-4-5-13-23/h1-3,6-11,16H,4-5,12-15H2,(H,22,26)/t16-/m1/s1. The van der Waals surface area contributed by atoms with Crippen LogP contribution in [0.5, 0.6) is 0 Å². The zero-order chi connectivity index (χ0) is 20.4. The van der Waals surface area contributed by atoms with Crippen molar-refractivity contribution >= 4 is 33.2 Å². The van der Waals surface area contributed by atoms with Crippen LogP contribution in [0.2, 0.25) is 0 Å². The highest BCUT2D eigenvalue weighted by molar-refractivity contribution is 7.89. The van der Waals surface area contributed by atoms with Crippen LogP contribution in [0.15, 0.2) is 59.5 Å². The lowest BCUT2D eigenvalue weighted by molar-refractivity contribution is -0.122. The Balaban J connectivity index is 1.41. The number of para-hydroxylation sites is 1. The first-order valence-corrected chi connectivity index (χ1v) is 11.2. The fraction of sp³-hybridized carbons (Fsp3) is 0.333. The second-order valence-corrected chi connectivity index (χ2v) is 9.30. The second-order valence-electron chi connectivity index (χ2n) is 7.37. The highest BCUT2D eigenvalue weighted by atomic mass is 32.2. The number of benzene rings is 2. The minimum atomic E-state index is -3.48. The van der Waals surface area contributed by atoms with Gasteiger partial charge in [0.15, 0.2) is 0 Å². The van der Waals surface area contributed by atoms with Crippen molar-refractivity contribution in [2.24, 2.45) is 5.92 Å². The smallest absolute Gasteiger partial charge is 0.243 e. The molecule has 152 valence electrons. The lowest BCUT2D eigenvalue weighted by Crippen LogP contribution is -2.28. The van der Waals surface area contributed by atoms with E-state index >= 15 is 0 Å². The first-order chi connectivity index (χ1) is 13.9. The molecule has 1 N–H and O–H groups in total. The molecule has 0 unspecified atom stereocenters. The molecule has 2 fully saturated rings. The molecule has 0 aliphatic carbocycles. The zero-order valence-electron chi connectivity index (χ0n) is 16.0. The summed E-state index contributed by atoms with van der Waals surface area (Å²) < 4.78 is 26.6. The predicted octanol–water partition coefficient (Wildman–Crippen LogP) is 2.46. The molecule has 0 radical (unpaired) electrons. The number of rotatable bonds is 5. The summed E-state index contributed by atoms with van der Waals surface area (Å²) in [6, 6.07) is 15.5. The van der Waals surface area contributed by atoms with Gasteiger partial charge in [0.25, 0.3) is 0 Å². The Labute approximate surface area is 170 Å². The van der Waals surface area contributed by atoms with Crippen molar-refractivity contribution in [1.82, 2.24) is 4.31 Å². The summed E-state index contributed by atoms with van der Waals surface area (Å²) in [6.07, 6.45) is 1.92. The monoisotopic (exact) mass is 413 g/mol. The van der Waals surface area contributed by atoms with E-state index < -0.39 is 15.9 Å². The molecule has 0 bridgehead atoms. The average Bonchev–Trinajstić information content (AvgIpc) is 3.39. The van der Waals surface area contributed by atoms with Gasteiger partial charge in [-0.1, -0.05) is 18.2 Å². The van der Waals surface area contributed by atoms with Gasteiger partial charge >= 0.3 is 0 Å². The van der Waals surface area contributed by atoms with Gasteiger partial charge in [-0.3, -0.25) is 9.59 Å². The predicted molar refractivity (Wildman–Crippen MR) is 110 cm³/mol. The van der Waals surface area contributed by atoms with Gasteiger partial charge < -0.3 is 10.2 Å². The topological polar surface area (TPSA) is 86.8 Å². The van der Waals surface area contributed by atoms with Gasteiger partial charge in [-0.2, -0.15) is 4.31 Å². The molecule has 0 aromatic heterocycles. The molecular weight excluding hydrogens is 390 g/mol. The lowest BCUT2D eigenvalue weighted by atomic mass is 10.1. The van der Waals surface area contributed by atoms with Crippen molar-refractivity contribution in [3.05, 3.63) is 54.6 Å². The van der Waals surface area contributed by atoms with E-state index in [1.807, 2.05) is 30.3 Å². The minimum Gasteiger partial charge on any atom is -0.326 e. The summed E-state index contributed by atoms with van der Waals surface area (Å²) >= 11 is 0. The van der Waals surface area contributed by atoms with Gasteiger partial charge in [0.1, 0.15) is 0 Å². The largest absolute Gasteiger partial charge is 0.326 e. The summed E-state index contributed by atoms with van der Waals surface area (Å²) in [5.74, 6) is -0.772. The van der Waals surface area contributed by atoms with Crippen LogP contribution in [0.3, 0.4) is 0 Å². The molecular formula is C21H23N3O4S. The van der Waals surface area contributed by atoms with E-state index in [0.717, 1.165) is 18.5 Å². The van der Waals surface area contributed by atoms with Crippen LogP contribution in [-0.2, 0) is 19.6 Å². The number of carbonyl (C=O) groups excluding carboxylic acids is 2. The molecule has 2 aromatic carbocycles. The third-order valence-electron chi connectivity index (χ3n) is 5.39. The van der Waals surface area contributed by atoms with Crippen molar-refractivity contribution in [3.8, 4) is 0 Å². The zero-order valence-corrected chi connectivity index (χ0v) is 16.8. The first kappa shape index (κ1) is 19.6. The van der Waals surface area contributed by atoms with Gasteiger partial charge in [-0.05, 0) is 49.2 Å². The quantitative estimate of drug-likeness (QED) is 0.816. The van der Waals surface area contributed by atoms with Gasteiger partial charge in [-0.25, -0.2) is 8.42 Å². The molecule has 0 spiro atoms. The van der Waals surface area contributed by atoms with Crippen LogP contribution in [-0.4, -0.2) is 44.2 Å². The van der Waals surface area contributed by atoms with Gasteiger partial charge in [0, 0.05) is 37.4 Å². The van der Waals surface area contributed by atoms with Crippen LogP contribution in [0.25, 0.3) is 0 Å². The maximum absolute atomic E-state index is 12.6. The Bertz CT molecular complexity index is 1000. The molecule has 0 saturated carbocycles. The number of hydrogen-bond donors (Lipinski definition) is 1. The molecule has 7 nitrogen and oxygen atoms in total. The van der Waals surface area contributed by atoms with E-state index in [1.165, 1.54) is 16.4 Å². The summed E-state index contributed by atoms with van der Waals surface area (Å²) in [4.78, 5) is 26.8. The maximum atomic E-state index is 12.6. The molecule has 29 heavy (non-hydrogen) atoms. The van der Waals surface area contributed by atoms with E-state index in [9.17, 15) is 18.0 Å². The van der Waals surface area contributed by atoms with Gasteiger partial charge in [0.05, 0.1) is 10.8 Å². The molecule has 2 amide bonds. The van der Waals surface area contributed by atoms with Crippen molar-refractivity contribution in [2.45, 2.75) is 24.2 Å². The van der Waals surface area contributed by atoms with E-state index in [1.54, 1.807) is 17.0 Å². The number of hydrogen-bond acceptors (Lipinski definition) is 4. The fourth-order valence-corrected chi connectivity index (χ4v) is 5.29. The fourth-order valence-electron chi connectivity index (χ4n) is 3.77. The SMILES string of the molecule is O=C(Nc1ccc(S(=O)(=O)N2CCCC2)cc1)[C@@H]1CC(=O)N(c2ccccc2)C1. The van der Waals surface area contributed by atoms with Crippen LogP contribution in [0, 0.1) is 5.92 Å². The van der Waals surface area contributed by atoms with E-state index in [0.29, 0.717) is 25.3 Å². The molecule has 2 aliphatic rings. The molecule has 4 rings (SSSR count). The Hall–Kier alpha value is -2.71. The van der Waals surface area contributed by atoms with Crippen LogP contribution >= 0.6 is 0 Å². The summed E-state index contributed by atoms with van der Waals surface area (Å²) in [7, 11) is -3.48. The van der Waals surface area contributed by atoms with Crippen molar-refractivity contribution in [2.75, 3.05) is 29.9 Å². The van der Waals surface area contributed by atoms with Crippen molar-refractivity contribution in [3.63, 3.8) is 0 Å². The number of nitrogens with zero attached hydrogens (tertiary/aromatic N) is 2. The Morgan fingerprint density at radius 3 is 2.28 bits per heavy atom. The van der Waals surface area contributed by atoms with Gasteiger partial charge in [0.2, 0.25) is 21.8 Å². The summed E-state index contributed by atoms with van der Waals surface area (Å²) in [5, 5.41) is 2.80. The van der Waals surface area contributed by atoms with Crippen LogP contribution in [0.1, 0.15) is 19.3 Å². The molecule has 1 atom stereocenters. The summed E-state index contributed by atoms with van der Waals surface area (Å²) in [5.41, 5.74) is 1.30. The van der Waals surface area contributed by atoms with Crippen LogP contribution < -0.4 is 10.2 Å². The highest BCUT2D eigenvalue weighted by Gasteiger charge is 2.35. The highest BCUT2D eigenvalue weighted by Crippen LogP contribution is 2.26. The second kappa shape index (κ2) is 7.96. The average molecular weight is 413 g/mol. The molecule has 2 aromatic rings. The maximum Gasteiger partial charge on any atom is 0.243 e. The van der Waals surface area contributed by atoms with E-state index in [-0.39, 0.29) is 23.1 Å². The van der Waals surface area contributed by atoms with E-state index in [2.05, 4.69) is 5.32 Å². The van der Waals surface area contributed by atoms with Crippen molar-refractivity contribution in [1.29, 1.82) is 0 Å². The number of nitrogens with one attached hydrogen (secondary N) is 1. The number of sulfonamides is 1. The Kier molecular flexibility index (Phi) is 5.38. The van der Waals surface area contributed by atoms with Crippen molar-refractivity contribution < 1.29 is 18.0 Å². The molecule has 2 heterocycles.